The minimum absolute atomic E-state index is 0.167. The van der Waals surface area contributed by atoms with Gasteiger partial charge in [-0.25, -0.2) is 4.98 Å². The topological polar surface area (TPSA) is 84.0 Å². The highest BCUT2D eigenvalue weighted by Gasteiger charge is 2.14. The van der Waals surface area contributed by atoms with Gasteiger partial charge in [0.05, 0.1) is 16.8 Å². The summed E-state index contributed by atoms with van der Waals surface area (Å²) in [6.07, 6.45) is 3.57. The third kappa shape index (κ3) is 5.13. The van der Waals surface area contributed by atoms with Crippen molar-refractivity contribution in [3.05, 3.63) is 89.2 Å². The highest BCUT2D eigenvalue weighted by molar-refractivity contribution is 9.10. The molecule has 2 amide bonds. The lowest BCUT2D eigenvalue weighted by Crippen LogP contribution is -2.28. The first-order valence-corrected chi connectivity index (χ1v) is 10.5. The molecule has 31 heavy (non-hydrogen) atoms. The number of nitrogens with one attached hydrogen (secondary N) is 2. The van der Waals surface area contributed by atoms with Crippen LogP contribution in [-0.4, -0.2) is 28.3 Å². The lowest BCUT2D eigenvalue weighted by Gasteiger charge is -2.11. The zero-order valence-electron chi connectivity index (χ0n) is 16.5. The molecule has 2 N–H and O–H groups in total. The second kappa shape index (κ2) is 9.49. The summed E-state index contributed by atoms with van der Waals surface area (Å²) >= 11 is 3.36. The minimum atomic E-state index is -0.250. The van der Waals surface area contributed by atoms with Crippen LogP contribution in [0.15, 0.2) is 83.6 Å². The third-order valence-electron chi connectivity index (χ3n) is 4.68. The van der Waals surface area contributed by atoms with Crippen LogP contribution in [-0.2, 0) is 4.79 Å². The summed E-state index contributed by atoms with van der Waals surface area (Å²) in [5.41, 5.74) is 3.45. The Hall–Kier alpha value is -3.58. The van der Waals surface area contributed by atoms with E-state index in [9.17, 15) is 9.59 Å². The number of halogens is 1. The van der Waals surface area contributed by atoms with E-state index < -0.39 is 0 Å². The van der Waals surface area contributed by atoms with E-state index >= 15 is 0 Å². The van der Waals surface area contributed by atoms with Crippen LogP contribution in [0.5, 0.6) is 0 Å². The van der Waals surface area contributed by atoms with E-state index in [2.05, 4.69) is 36.5 Å². The maximum absolute atomic E-state index is 12.9. The fourth-order valence-electron chi connectivity index (χ4n) is 3.17. The van der Waals surface area contributed by atoms with E-state index in [4.69, 9.17) is 0 Å². The molecule has 6 nitrogen and oxygen atoms in total. The van der Waals surface area contributed by atoms with Crippen LogP contribution in [0.3, 0.4) is 0 Å². The number of rotatable bonds is 6. The molecule has 7 heteroatoms. The molecule has 0 spiro atoms. The number of aromatic nitrogens is 2. The SMILES string of the molecule is O=C(CCNC(=O)c1cc(-c2cccnc2)nc2ccccc12)Nc1ccc(Br)cc1. The van der Waals surface area contributed by atoms with Gasteiger partial charge < -0.3 is 10.6 Å². The fraction of sp³-hybridized carbons (Fsp3) is 0.0833. The van der Waals surface area contributed by atoms with E-state index in [-0.39, 0.29) is 24.8 Å². The number of para-hydroxylation sites is 1. The van der Waals surface area contributed by atoms with Gasteiger partial charge in [-0.15, -0.1) is 0 Å². The van der Waals surface area contributed by atoms with Gasteiger partial charge in [0.2, 0.25) is 5.91 Å². The van der Waals surface area contributed by atoms with Gasteiger partial charge in [0, 0.05) is 46.5 Å². The standard InChI is InChI=1S/C24H19BrN4O2/c25-17-7-9-18(10-8-17)28-23(30)11-13-27-24(31)20-14-22(16-4-3-12-26-15-16)29-21-6-2-1-5-19(20)21/h1-10,12,14-15H,11,13H2,(H,27,31)(H,28,30). The van der Waals surface area contributed by atoms with Crippen LogP contribution < -0.4 is 10.6 Å². The largest absolute Gasteiger partial charge is 0.351 e. The first kappa shape index (κ1) is 20.7. The van der Waals surface area contributed by atoms with Gasteiger partial charge in [-0.05, 0) is 48.5 Å². The number of hydrogen-bond acceptors (Lipinski definition) is 4. The maximum atomic E-state index is 12.9. The van der Waals surface area contributed by atoms with E-state index in [1.165, 1.54) is 0 Å². The van der Waals surface area contributed by atoms with Gasteiger partial charge in [0.25, 0.3) is 5.91 Å². The first-order valence-electron chi connectivity index (χ1n) is 9.74. The summed E-state index contributed by atoms with van der Waals surface area (Å²) in [7, 11) is 0. The molecule has 0 atom stereocenters. The molecule has 2 aromatic heterocycles. The Morgan fingerprint density at radius 3 is 2.55 bits per heavy atom. The summed E-state index contributed by atoms with van der Waals surface area (Å²) < 4.78 is 0.938. The highest BCUT2D eigenvalue weighted by Crippen LogP contribution is 2.24. The monoisotopic (exact) mass is 474 g/mol. The van der Waals surface area contributed by atoms with Gasteiger partial charge in [-0.2, -0.15) is 0 Å². The Morgan fingerprint density at radius 2 is 1.77 bits per heavy atom. The molecule has 2 heterocycles. The highest BCUT2D eigenvalue weighted by atomic mass is 79.9. The van der Waals surface area contributed by atoms with Crippen molar-refractivity contribution in [2.24, 2.45) is 0 Å². The van der Waals surface area contributed by atoms with Gasteiger partial charge in [-0.1, -0.05) is 34.1 Å². The fourth-order valence-corrected chi connectivity index (χ4v) is 3.43. The summed E-state index contributed by atoms with van der Waals surface area (Å²) in [6, 6.07) is 20.3. The Labute approximate surface area is 187 Å². The van der Waals surface area contributed by atoms with Gasteiger partial charge in [0.15, 0.2) is 0 Å². The summed E-state index contributed by atoms with van der Waals surface area (Å²) in [6.45, 7) is 0.222. The molecular weight excluding hydrogens is 456 g/mol. The van der Waals surface area contributed by atoms with Crippen molar-refractivity contribution in [2.45, 2.75) is 6.42 Å². The molecule has 0 bridgehead atoms. The average Bonchev–Trinajstić information content (AvgIpc) is 2.80. The molecule has 0 saturated heterocycles. The number of anilines is 1. The smallest absolute Gasteiger partial charge is 0.252 e. The minimum Gasteiger partial charge on any atom is -0.351 e. The van der Waals surface area contributed by atoms with Crippen molar-refractivity contribution in [1.29, 1.82) is 0 Å². The molecule has 0 aliphatic heterocycles. The Kier molecular flexibility index (Phi) is 6.33. The van der Waals surface area contributed by atoms with Crippen molar-refractivity contribution >= 4 is 44.3 Å². The lowest BCUT2D eigenvalue weighted by atomic mass is 10.0. The van der Waals surface area contributed by atoms with Crippen molar-refractivity contribution in [1.82, 2.24) is 15.3 Å². The third-order valence-corrected chi connectivity index (χ3v) is 5.21. The molecule has 0 saturated carbocycles. The molecule has 4 rings (SSSR count). The van der Waals surface area contributed by atoms with Crippen LogP contribution in [0.4, 0.5) is 5.69 Å². The quantitative estimate of drug-likeness (QED) is 0.419. The summed E-state index contributed by atoms with van der Waals surface area (Å²) in [4.78, 5) is 33.9. The van der Waals surface area contributed by atoms with Gasteiger partial charge in [0.1, 0.15) is 0 Å². The van der Waals surface area contributed by atoms with E-state index in [1.54, 1.807) is 18.5 Å². The average molecular weight is 475 g/mol. The zero-order chi connectivity index (χ0) is 21.6. The number of amides is 2. The van der Waals surface area contributed by atoms with Gasteiger partial charge >= 0.3 is 0 Å². The van der Waals surface area contributed by atoms with Crippen LogP contribution in [0, 0.1) is 0 Å². The number of carbonyl (C=O) groups excluding carboxylic acids is 2. The second-order valence-corrected chi connectivity index (χ2v) is 7.79. The zero-order valence-corrected chi connectivity index (χ0v) is 18.1. The molecule has 2 aromatic carbocycles. The van der Waals surface area contributed by atoms with Crippen molar-refractivity contribution < 1.29 is 9.59 Å². The Morgan fingerprint density at radius 1 is 0.968 bits per heavy atom. The Balaban J connectivity index is 1.47. The molecule has 0 aliphatic rings. The Bertz CT molecular complexity index is 1230. The van der Waals surface area contributed by atoms with Crippen LogP contribution in [0.25, 0.3) is 22.2 Å². The summed E-state index contributed by atoms with van der Waals surface area (Å²) in [5.74, 6) is -0.418. The number of benzene rings is 2. The molecule has 154 valence electrons. The van der Waals surface area contributed by atoms with Crippen molar-refractivity contribution in [2.75, 3.05) is 11.9 Å². The molecule has 0 radical (unpaired) electrons. The number of fused-ring (bicyclic) bond motifs is 1. The molecular formula is C24H19BrN4O2. The van der Waals surface area contributed by atoms with Crippen LogP contribution in [0.2, 0.25) is 0 Å². The van der Waals surface area contributed by atoms with E-state index in [0.717, 1.165) is 20.9 Å². The van der Waals surface area contributed by atoms with Gasteiger partial charge in [-0.3, -0.25) is 14.6 Å². The number of carbonyl (C=O) groups is 2. The maximum Gasteiger partial charge on any atom is 0.252 e. The predicted molar refractivity (Wildman–Crippen MR) is 125 cm³/mol. The predicted octanol–water partition coefficient (Wildman–Crippen LogP) is 4.82. The summed E-state index contributed by atoms with van der Waals surface area (Å²) in [5, 5.41) is 6.42. The molecule has 0 unspecified atom stereocenters. The number of nitrogens with zero attached hydrogens (tertiary/aromatic N) is 2. The van der Waals surface area contributed by atoms with Crippen molar-refractivity contribution in [3.8, 4) is 11.3 Å². The van der Waals surface area contributed by atoms with E-state index in [0.29, 0.717) is 16.9 Å². The van der Waals surface area contributed by atoms with E-state index in [1.807, 2.05) is 60.7 Å². The normalized spacial score (nSPS) is 10.6. The van der Waals surface area contributed by atoms with Crippen molar-refractivity contribution in [3.63, 3.8) is 0 Å². The molecule has 4 aromatic rings. The number of pyridine rings is 2. The second-order valence-electron chi connectivity index (χ2n) is 6.87. The molecule has 0 aliphatic carbocycles. The number of hydrogen-bond donors (Lipinski definition) is 2. The first-order chi connectivity index (χ1) is 15.1. The molecule has 0 fully saturated rings. The van der Waals surface area contributed by atoms with Crippen LogP contribution >= 0.6 is 15.9 Å². The lowest BCUT2D eigenvalue weighted by molar-refractivity contribution is -0.116. The van der Waals surface area contributed by atoms with Crippen LogP contribution in [0.1, 0.15) is 16.8 Å².